The summed E-state index contributed by atoms with van der Waals surface area (Å²) >= 11 is 7.27. The van der Waals surface area contributed by atoms with Gasteiger partial charge >= 0.3 is 5.91 Å². The smallest absolute Gasteiger partial charge is 0.199 e. The van der Waals surface area contributed by atoms with Crippen molar-refractivity contribution in [2.75, 3.05) is 0 Å². The Labute approximate surface area is 273 Å². The van der Waals surface area contributed by atoms with Crippen molar-refractivity contribution in [2.24, 2.45) is 0 Å². The predicted molar refractivity (Wildman–Crippen MR) is 188 cm³/mol. The minimum Gasteiger partial charge on any atom is -0.199 e. The fraction of sp³-hybridized carbons (Fsp3) is 0.0270. The van der Waals surface area contributed by atoms with Crippen molar-refractivity contribution >= 4 is 92.2 Å². The molecule has 0 radical (unpaired) electrons. The molecule has 8 heteroatoms. The Morgan fingerprint density at radius 1 is 0.578 bits per heavy atom. The summed E-state index contributed by atoms with van der Waals surface area (Å²) < 4.78 is 10.5. The Morgan fingerprint density at radius 3 is 1.98 bits per heavy atom. The SMILES string of the molecule is C1=C(c2cccs2)C2=Cc3cc(-c4cccs4)c4n3C35n6c(cc(-c7cccs7)c6=CC1=[N+]23)=CC1=[N+]5C(=C4)C=C1c1cccs1. The van der Waals surface area contributed by atoms with Crippen LogP contribution in [0.5, 0.6) is 0 Å². The standard InChI is InChI=1S/C37H20N4S4/c1-5-33(42-9-1)25-13-21-18-30-27(35-7-3-11-44-35)15-23-20-32-28(36-8-4-12-45-36)16-24-19-31-26(34-6-2-10-43-34)14-22-17-29(25)38(21)37(39(22)31,40(23)30)41(24)32/h1-20H/q+2. The summed E-state index contributed by atoms with van der Waals surface area (Å²) in [4.78, 5) is 5.19. The molecule has 6 aliphatic rings. The highest BCUT2D eigenvalue weighted by Gasteiger charge is 2.71. The maximum Gasteiger partial charge on any atom is 0.553 e. The summed E-state index contributed by atoms with van der Waals surface area (Å²) in [6, 6.07) is 22.6. The lowest BCUT2D eigenvalue weighted by atomic mass is 10.1. The summed E-state index contributed by atoms with van der Waals surface area (Å²) in [5.74, 6) is -0.687. The third-order valence-electron chi connectivity index (χ3n) is 9.75. The second-order valence-corrected chi connectivity index (χ2v) is 15.7. The Balaban J connectivity index is 1.30. The lowest BCUT2D eigenvalue weighted by Gasteiger charge is -2.37. The van der Waals surface area contributed by atoms with Crippen LogP contribution in [0.25, 0.3) is 56.3 Å². The molecule has 1 spiro atoms. The van der Waals surface area contributed by atoms with E-state index < -0.39 is 5.91 Å². The van der Waals surface area contributed by atoms with E-state index in [2.05, 4.69) is 137 Å². The van der Waals surface area contributed by atoms with Crippen molar-refractivity contribution in [1.29, 1.82) is 0 Å². The number of aromatic nitrogens is 2. The van der Waals surface area contributed by atoms with E-state index in [1.165, 1.54) is 86.7 Å². The molecule has 1 atom stereocenters. The van der Waals surface area contributed by atoms with Gasteiger partial charge in [-0.25, -0.2) is 0 Å². The average Bonchev–Trinajstić information content (AvgIpc) is 3.90. The predicted octanol–water partition coefficient (Wildman–Crippen LogP) is 7.38. The molecule has 6 aromatic rings. The van der Waals surface area contributed by atoms with Gasteiger partial charge in [0, 0.05) is 67.1 Å². The minimum atomic E-state index is -0.687. The Hall–Kier alpha value is -4.60. The summed E-state index contributed by atoms with van der Waals surface area (Å²) in [7, 11) is 0. The van der Waals surface area contributed by atoms with Crippen LogP contribution >= 0.6 is 45.3 Å². The van der Waals surface area contributed by atoms with Crippen molar-refractivity contribution in [3.63, 3.8) is 0 Å². The molecule has 0 saturated heterocycles. The van der Waals surface area contributed by atoms with E-state index in [1.54, 1.807) is 0 Å². The summed E-state index contributed by atoms with van der Waals surface area (Å²) in [6.45, 7) is 0. The summed E-state index contributed by atoms with van der Waals surface area (Å²) in [5.41, 5.74) is 12.6. The fourth-order valence-electron chi connectivity index (χ4n) is 8.19. The van der Waals surface area contributed by atoms with Gasteiger partial charge in [0.25, 0.3) is 0 Å². The van der Waals surface area contributed by atoms with Crippen molar-refractivity contribution in [3.8, 4) is 20.9 Å². The van der Waals surface area contributed by atoms with Crippen LogP contribution in [-0.4, -0.2) is 29.7 Å². The molecule has 45 heavy (non-hydrogen) atoms. The molecule has 0 amide bonds. The van der Waals surface area contributed by atoms with E-state index in [0.29, 0.717) is 0 Å². The highest BCUT2D eigenvalue weighted by atomic mass is 32.1. The van der Waals surface area contributed by atoms with E-state index in [4.69, 9.17) is 0 Å². The summed E-state index contributed by atoms with van der Waals surface area (Å²) in [5, 5.41) is 11.3. The van der Waals surface area contributed by atoms with E-state index >= 15 is 0 Å². The van der Waals surface area contributed by atoms with E-state index in [0.717, 1.165) is 0 Å². The van der Waals surface area contributed by atoms with Gasteiger partial charge in [-0.3, -0.25) is 0 Å². The maximum absolute atomic E-state index is 2.62. The number of thiophene rings is 4. The zero-order valence-corrected chi connectivity index (χ0v) is 26.7. The summed E-state index contributed by atoms with van der Waals surface area (Å²) in [6.07, 6.45) is 14.5. The van der Waals surface area contributed by atoms with Crippen molar-refractivity contribution in [1.82, 2.24) is 9.13 Å². The lowest BCUT2D eigenvalue weighted by molar-refractivity contribution is -0.833. The monoisotopic (exact) mass is 648 g/mol. The Kier molecular flexibility index (Phi) is 4.20. The Bertz CT molecular complexity index is 2660. The van der Waals surface area contributed by atoms with Crippen LogP contribution in [0.2, 0.25) is 0 Å². The van der Waals surface area contributed by atoms with Crippen LogP contribution in [0, 0.1) is 0 Å². The molecule has 4 nitrogen and oxygen atoms in total. The molecule has 0 fully saturated rings. The van der Waals surface area contributed by atoms with Crippen LogP contribution in [0.15, 0.2) is 106 Å². The molecule has 12 heterocycles. The van der Waals surface area contributed by atoms with Gasteiger partial charge in [-0.05, 0) is 57.9 Å². The molecular weight excluding hydrogens is 629 g/mol. The van der Waals surface area contributed by atoms with Gasteiger partial charge in [0.2, 0.25) is 22.8 Å². The highest BCUT2D eigenvalue weighted by Crippen LogP contribution is 2.52. The first kappa shape index (κ1) is 23.7. The largest absolute Gasteiger partial charge is 0.553 e. The third kappa shape index (κ3) is 2.68. The molecule has 210 valence electrons. The van der Waals surface area contributed by atoms with E-state index in [1.807, 2.05) is 45.3 Å². The van der Waals surface area contributed by atoms with Gasteiger partial charge in [0.1, 0.15) is 0 Å². The molecule has 0 bridgehead atoms. The molecule has 1 unspecified atom stereocenters. The molecule has 0 saturated carbocycles. The molecule has 0 aliphatic carbocycles. The quantitative estimate of drug-likeness (QED) is 0.177. The second kappa shape index (κ2) is 7.97. The maximum atomic E-state index is 2.62. The number of nitrogens with zero attached hydrogens (tertiary/aromatic N) is 4. The van der Waals surface area contributed by atoms with Crippen LogP contribution in [0.1, 0.15) is 21.1 Å². The molecule has 0 aromatic carbocycles. The Morgan fingerprint density at radius 2 is 1.27 bits per heavy atom. The van der Waals surface area contributed by atoms with Crippen LogP contribution in [0.4, 0.5) is 0 Å². The van der Waals surface area contributed by atoms with Crippen LogP contribution < -0.4 is 10.7 Å². The van der Waals surface area contributed by atoms with Gasteiger partial charge in [-0.2, -0.15) is 9.13 Å². The number of hydrogen-bond donors (Lipinski definition) is 0. The van der Waals surface area contributed by atoms with Gasteiger partial charge in [-0.1, -0.05) is 33.4 Å². The molecule has 6 aromatic heterocycles. The first-order chi connectivity index (χ1) is 22.3. The van der Waals surface area contributed by atoms with Crippen molar-refractivity contribution in [2.45, 2.75) is 5.91 Å². The van der Waals surface area contributed by atoms with Gasteiger partial charge < -0.3 is 0 Å². The average molecular weight is 649 g/mol. The van der Waals surface area contributed by atoms with Crippen molar-refractivity contribution in [3.05, 3.63) is 138 Å². The van der Waals surface area contributed by atoms with Crippen molar-refractivity contribution < 1.29 is 9.15 Å². The zero-order valence-electron chi connectivity index (χ0n) is 23.5. The van der Waals surface area contributed by atoms with E-state index in [-0.39, 0.29) is 0 Å². The van der Waals surface area contributed by atoms with E-state index in [9.17, 15) is 0 Å². The molecule has 12 rings (SSSR count). The lowest BCUT2D eigenvalue weighted by Crippen LogP contribution is -2.69. The molecule has 0 N–H and O–H groups in total. The zero-order chi connectivity index (χ0) is 29.0. The number of hydrogen-bond acceptors (Lipinski definition) is 4. The number of rotatable bonds is 4. The number of allylic oxidation sites excluding steroid dienone is 4. The third-order valence-corrected chi connectivity index (χ3v) is 13.4. The first-order valence-corrected chi connectivity index (χ1v) is 18.4. The van der Waals surface area contributed by atoms with Gasteiger partial charge in [-0.15, -0.1) is 45.3 Å². The van der Waals surface area contributed by atoms with Gasteiger partial charge in [0.05, 0.1) is 33.2 Å². The molecule has 6 aliphatic heterocycles. The van der Waals surface area contributed by atoms with Crippen LogP contribution in [-0.2, 0) is 5.91 Å². The normalized spacial score (nSPS) is 20.8. The topological polar surface area (TPSA) is 15.9 Å². The van der Waals surface area contributed by atoms with Gasteiger partial charge in [0.15, 0.2) is 0 Å². The van der Waals surface area contributed by atoms with Crippen LogP contribution in [0.3, 0.4) is 0 Å². The highest BCUT2D eigenvalue weighted by molar-refractivity contribution is 7.14. The first-order valence-electron chi connectivity index (χ1n) is 14.9. The molecular formula is C37H20N4S4+2. The minimum absolute atomic E-state index is 0.687. The fourth-order valence-corrected chi connectivity index (χ4v) is 11.2. The second-order valence-electron chi connectivity index (χ2n) is 11.9.